The van der Waals surface area contributed by atoms with Gasteiger partial charge in [0.25, 0.3) is 0 Å². The van der Waals surface area contributed by atoms with Crippen LogP contribution in [0.2, 0.25) is 0 Å². The summed E-state index contributed by atoms with van der Waals surface area (Å²) in [6.07, 6.45) is 9.58. The van der Waals surface area contributed by atoms with Gasteiger partial charge in [0, 0.05) is 40.2 Å². The minimum absolute atomic E-state index is 0.00995. The molecule has 0 aliphatic carbocycles. The molecule has 2 amide bonds. The number of benzene rings is 1. The van der Waals surface area contributed by atoms with Gasteiger partial charge in [0.05, 0.1) is 36.3 Å². The zero-order valence-electron chi connectivity index (χ0n) is 35.8. The van der Waals surface area contributed by atoms with Crippen molar-refractivity contribution >= 4 is 30.4 Å². The number of likely N-dealkylation sites (tertiary alicyclic amines) is 1. The predicted molar refractivity (Wildman–Crippen MR) is 219 cm³/mol. The van der Waals surface area contributed by atoms with Gasteiger partial charge in [-0.15, -0.1) is 0 Å². The van der Waals surface area contributed by atoms with Crippen molar-refractivity contribution in [3.05, 3.63) is 35.9 Å². The molecule has 3 rings (SSSR count). The first kappa shape index (κ1) is 51.8. The maximum atomic E-state index is 12.6. The first-order valence-corrected chi connectivity index (χ1v) is 20.0. The number of nitrogens with one attached hydrogen (secondary N) is 3. The smallest absolute Gasteiger partial charge is 0.326 e. The Morgan fingerprint density at radius 3 is 2.13 bits per heavy atom. The molecule has 2 aliphatic heterocycles. The highest BCUT2D eigenvalue weighted by Crippen LogP contribution is 2.25. The fourth-order valence-corrected chi connectivity index (χ4v) is 6.88. The highest BCUT2D eigenvalue weighted by Gasteiger charge is 2.37. The fourth-order valence-electron chi connectivity index (χ4n) is 6.88. The Morgan fingerprint density at radius 2 is 1.71 bits per heavy atom. The van der Waals surface area contributed by atoms with E-state index in [-0.39, 0.29) is 54.0 Å². The van der Waals surface area contributed by atoms with Crippen LogP contribution in [0.4, 0.5) is 0 Å². The third-order valence-corrected chi connectivity index (χ3v) is 10.4. The van der Waals surface area contributed by atoms with E-state index in [4.69, 9.17) is 9.47 Å². The average molecular weight is 778 g/mol. The van der Waals surface area contributed by atoms with Crippen LogP contribution >= 0.6 is 0 Å². The normalized spacial score (nSPS) is 21.2. The van der Waals surface area contributed by atoms with Crippen molar-refractivity contribution < 1.29 is 38.6 Å². The van der Waals surface area contributed by atoms with Gasteiger partial charge in [0.2, 0.25) is 11.8 Å². The van der Waals surface area contributed by atoms with Gasteiger partial charge in [-0.3, -0.25) is 9.59 Å². The van der Waals surface area contributed by atoms with Crippen molar-refractivity contribution in [1.29, 1.82) is 0 Å². The number of rotatable bonds is 18. The third kappa shape index (κ3) is 19.0. The zero-order valence-corrected chi connectivity index (χ0v) is 35.8. The molecule has 2 saturated heterocycles. The number of carboxylic acids is 1. The number of likely N-dealkylation sites (N-methyl/N-ethyl adjacent to an activating group) is 3. The van der Waals surface area contributed by atoms with Crippen LogP contribution in [-0.4, -0.2) is 136 Å². The van der Waals surface area contributed by atoms with Crippen LogP contribution in [0.1, 0.15) is 98.5 Å². The molecule has 8 unspecified atom stereocenters. The number of methoxy groups -OCH3 is 2. The summed E-state index contributed by atoms with van der Waals surface area (Å²) in [5, 5.41) is 18.2. The number of hydrogen-bond donors (Lipinski definition) is 4. The summed E-state index contributed by atoms with van der Waals surface area (Å²) in [7, 11) is 8.74. The molecule has 2 heterocycles. The third-order valence-electron chi connectivity index (χ3n) is 10.4. The molecular formula is C42H75N5O8. The lowest BCUT2D eigenvalue weighted by atomic mass is 9.91. The summed E-state index contributed by atoms with van der Waals surface area (Å²) < 4.78 is 11.0. The molecule has 55 heavy (non-hydrogen) atoms. The number of ether oxygens (including phenoxy) is 2. The molecule has 13 heteroatoms. The topological polar surface area (TPSA) is 167 Å². The molecule has 2 fully saturated rings. The van der Waals surface area contributed by atoms with Gasteiger partial charge in [0.1, 0.15) is 18.6 Å². The van der Waals surface area contributed by atoms with Crippen LogP contribution in [0.3, 0.4) is 0 Å². The minimum atomic E-state index is -1.03. The van der Waals surface area contributed by atoms with Crippen molar-refractivity contribution in [1.82, 2.24) is 25.8 Å². The van der Waals surface area contributed by atoms with E-state index in [0.717, 1.165) is 56.9 Å². The second-order valence-corrected chi connectivity index (χ2v) is 15.0. The molecular weight excluding hydrogens is 702 g/mol. The van der Waals surface area contributed by atoms with Gasteiger partial charge in [-0.2, -0.15) is 0 Å². The van der Waals surface area contributed by atoms with E-state index in [0.29, 0.717) is 13.0 Å². The van der Waals surface area contributed by atoms with E-state index in [1.54, 1.807) is 40.1 Å². The average Bonchev–Trinajstić information content (AvgIpc) is 3.60. The van der Waals surface area contributed by atoms with Gasteiger partial charge in [0.15, 0.2) is 0 Å². The maximum Gasteiger partial charge on any atom is 0.326 e. The summed E-state index contributed by atoms with van der Waals surface area (Å²) in [4.78, 5) is 61.2. The Bertz CT molecular complexity index is 1220. The first-order chi connectivity index (χ1) is 26.1. The number of carbonyl (C=O) groups excluding carboxylic acids is 4. The molecule has 8 atom stereocenters. The Morgan fingerprint density at radius 1 is 1.07 bits per heavy atom. The molecule has 13 nitrogen and oxygen atoms in total. The van der Waals surface area contributed by atoms with Crippen molar-refractivity contribution in [3.8, 4) is 0 Å². The second-order valence-electron chi connectivity index (χ2n) is 15.0. The molecule has 316 valence electrons. The van der Waals surface area contributed by atoms with Crippen molar-refractivity contribution in [3.63, 3.8) is 0 Å². The number of hydrogen-bond acceptors (Lipinski definition) is 10. The van der Waals surface area contributed by atoms with E-state index in [1.165, 1.54) is 19.3 Å². The number of carboxylic acid groups (broad SMARTS) is 1. The summed E-state index contributed by atoms with van der Waals surface area (Å²) in [5.74, 6) is -1.45. The SMILES string of the molecule is CC1(C=O)CCCCN1.CCC.CCC(C)C(C(CC=O)OC)N(C)C(=O)CNC.COC(C(C)C(=O)NC(Cc1ccccc1)C(=O)O)C1CCCN1C. The lowest BCUT2D eigenvalue weighted by molar-refractivity contribution is -0.143. The van der Waals surface area contributed by atoms with Crippen molar-refractivity contribution in [2.24, 2.45) is 11.8 Å². The molecule has 2 aliphatic rings. The summed E-state index contributed by atoms with van der Waals surface area (Å²) in [5.41, 5.74) is 0.666. The van der Waals surface area contributed by atoms with Crippen molar-refractivity contribution in [2.45, 2.75) is 135 Å². The van der Waals surface area contributed by atoms with Gasteiger partial charge in [-0.25, -0.2) is 4.79 Å². The number of amides is 2. The minimum Gasteiger partial charge on any atom is -0.480 e. The first-order valence-electron chi connectivity index (χ1n) is 20.0. The van der Waals surface area contributed by atoms with Gasteiger partial charge < -0.3 is 49.9 Å². The Kier molecular flexibility index (Phi) is 27.4. The molecule has 0 spiro atoms. The largest absolute Gasteiger partial charge is 0.480 e. The Hall–Kier alpha value is -3.23. The molecule has 1 aromatic carbocycles. The fraction of sp³-hybridized carbons (Fsp3) is 0.738. The number of piperidine rings is 1. The number of aliphatic carboxylic acids is 1. The zero-order chi connectivity index (χ0) is 42.0. The van der Waals surface area contributed by atoms with E-state index in [9.17, 15) is 29.1 Å². The number of nitrogens with zero attached hydrogens (tertiary/aromatic N) is 2. The van der Waals surface area contributed by atoms with Crippen molar-refractivity contribution in [2.75, 3.05) is 55.0 Å². The van der Waals surface area contributed by atoms with E-state index in [1.807, 2.05) is 44.3 Å². The second kappa shape index (κ2) is 29.1. The highest BCUT2D eigenvalue weighted by molar-refractivity contribution is 5.85. The predicted octanol–water partition coefficient (Wildman–Crippen LogP) is 4.36. The van der Waals surface area contributed by atoms with E-state index < -0.39 is 17.9 Å². The molecule has 0 radical (unpaired) electrons. The van der Waals surface area contributed by atoms with Gasteiger partial charge in [-0.05, 0) is 77.7 Å². The van der Waals surface area contributed by atoms with Crippen LogP contribution in [0.5, 0.6) is 0 Å². The molecule has 1 aromatic rings. The lowest BCUT2D eigenvalue weighted by Gasteiger charge is -2.37. The number of carbonyl (C=O) groups is 5. The van der Waals surface area contributed by atoms with Gasteiger partial charge >= 0.3 is 5.97 Å². The summed E-state index contributed by atoms with van der Waals surface area (Å²) in [6, 6.07) is 8.46. The van der Waals surface area contributed by atoms with Crippen LogP contribution in [0.15, 0.2) is 30.3 Å². The van der Waals surface area contributed by atoms with Crippen LogP contribution in [0.25, 0.3) is 0 Å². The Labute approximate surface area is 332 Å². The van der Waals surface area contributed by atoms with Crippen LogP contribution in [-0.2, 0) is 39.9 Å². The van der Waals surface area contributed by atoms with Crippen LogP contribution < -0.4 is 16.0 Å². The molecule has 4 N–H and O–H groups in total. The monoisotopic (exact) mass is 778 g/mol. The quantitative estimate of drug-likeness (QED) is 0.157. The lowest BCUT2D eigenvalue weighted by Crippen LogP contribution is -2.51. The molecule has 0 saturated carbocycles. The van der Waals surface area contributed by atoms with E-state index >= 15 is 0 Å². The summed E-state index contributed by atoms with van der Waals surface area (Å²) >= 11 is 0. The Balaban J connectivity index is 0.000000843. The van der Waals surface area contributed by atoms with Crippen LogP contribution in [0, 0.1) is 11.8 Å². The highest BCUT2D eigenvalue weighted by atomic mass is 16.5. The molecule has 0 aromatic heterocycles. The summed E-state index contributed by atoms with van der Waals surface area (Å²) in [6.45, 7) is 14.4. The standard InChI is InChI=1S/C19H28N2O4.C13H26N2O3.C7H13NO.C3H8/c1-13(17(25-3)16-10-7-11-21(16)2)18(22)20-15(19(23)24)12-14-8-5-4-6-9-14;1-6-10(2)13(11(18-5)7-8-16)15(4)12(17)9-14-3;1-7(6-9)4-2-3-5-8-7;1-3-2/h4-6,8-9,13,15-17H,7,10-12H2,1-3H3,(H,20,22)(H,23,24);8,10-11,13-14H,6-7,9H2,1-5H3;6,8H,2-5H2,1H3;3H2,1-2H3. The maximum absolute atomic E-state index is 12.6. The number of aldehydes is 2. The van der Waals surface area contributed by atoms with Gasteiger partial charge in [-0.1, -0.05) is 77.8 Å². The van der Waals surface area contributed by atoms with E-state index in [2.05, 4.69) is 48.5 Å². The molecule has 0 bridgehead atoms.